The highest BCUT2D eigenvalue weighted by atomic mass is 79.9. The quantitative estimate of drug-likeness (QED) is 0.582. The molecule has 1 aromatic carbocycles. The van der Waals surface area contributed by atoms with Crippen molar-refractivity contribution in [1.82, 2.24) is 0 Å². The minimum absolute atomic E-state index is 0.700. The first-order valence-corrected chi connectivity index (χ1v) is 5.59. The van der Waals surface area contributed by atoms with Crippen LogP contribution in [0.1, 0.15) is 0 Å². The van der Waals surface area contributed by atoms with Crippen molar-refractivity contribution in [3.63, 3.8) is 0 Å². The third-order valence-corrected chi connectivity index (χ3v) is 3.61. The fourth-order valence-corrected chi connectivity index (χ4v) is 2.25. The van der Waals surface area contributed by atoms with Crippen LogP contribution in [0.3, 0.4) is 0 Å². The van der Waals surface area contributed by atoms with Crippen molar-refractivity contribution in [1.29, 1.82) is 0 Å². The molecule has 0 N–H and O–H groups in total. The van der Waals surface area contributed by atoms with Gasteiger partial charge in [0.15, 0.2) is 0 Å². The molecule has 11 heavy (non-hydrogen) atoms. The Bertz CT molecular complexity index is 227. The summed E-state index contributed by atoms with van der Waals surface area (Å²) in [7, 11) is 0. The minimum atomic E-state index is 0.700. The zero-order valence-electron chi connectivity index (χ0n) is 5.89. The SMILES string of the molecule is ClCCSc1ccccc1Br. The molecule has 0 aliphatic rings. The number of hydrogen-bond acceptors (Lipinski definition) is 1. The summed E-state index contributed by atoms with van der Waals surface area (Å²) in [4.78, 5) is 1.26. The van der Waals surface area contributed by atoms with E-state index in [1.165, 1.54) is 4.90 Å². The Morgan fingerprint density at radius 3 is 2.73 bits per heavy atom. The van der Waals surface area contributed by atoms with Gasteiger partial charge < -0.3 is 0 Å². The van der Waals surface area contributed by atoms with Gasteiger partial charge in [-0.15, -0.1) is 23.4 Å². The summed E-state index contributed by atoms with van der Waals surface area (Å²) in [5, 5.41) is 0. The summed E-state index contributed by atoms with van der Waals surface area (Å²) in [6, 6.07) is 8.16. The van der Waals surface area contributed by atoms with E-state index >= 15 is 0 Å². The molecule has 0 radical (unpaired) electrons. The molecule has 60 valence electrons. The first kappa shape index (κ1) is 9.43. The molecule has 1 rings (SSSR count). The first-order chi connectivity index (χ1) is 5.34. The molecule has 3 heteroatoms. The Balaban J connectivity index is 2.62. The fourth-order valence-electron chi connectivity index (χ4n) is 0.710. The van der Waals surface area contributed by atoms with Gasteiger partial charge in [0.25, 0.3) is 0 Å². The molecule has 0 aliphatic heterocycles. The highest BCUT2D eigenvalue weighted by molar-refractivity contribution is 9.10. The van der Waals surface area contributed by atoms with Crippen LogP contribution in [0.15, 0.2) is 33.6 Å². The zero-order valence-corrected chi connectivity index (χ0v) is 9.05. The predicted octanol–water partition coefficient (Wildman–Crippen LogP) is 3.78. The number of benzene rings is 1. The van der Waals surface area contributed by atoms with Gasteiger partial charge in [0.05, 0.1) is 0 Å². The van der Waals surface area contributed by atoms with Crippen molar-refractivity contribution in [2.45, 2.75) is 4.90 Å². The Kier molecular flexibility index (Phi) is 4.34. The number of hydrogen-bond donors (Lipinski definition) is 0. The van der Waals surface area contributed by atoms with Gasteiger partial charge >= 0.3 is 0 Å². The Morgan fingerprint density at radius 2 is 2.09 bits per heavy atom. The average Bonchev–Trinajstić information content (AvgIpc) is 2.03. The second-order valence-electron chi connectivity index (χ2n) is 1.97. The topological polar surface area (TPSA) is 0 Å². The van der Waals surface area contributed by atoms with E-state index in [2.05, 4.69) is 22.0 Å². The lowest BCUT2D eigenvalue weighted by Crippen LogP contribution is -1.79. The second kappa shape index (κ2) is 5.07. The number of thioether (sulfide) groups is 1. The summed E-state index contributed by atoms with van der Waals surface area (Å²) in [6.07, 6.45) is 0. The fraction of sp³-hybridized carbons (Fsp3) is 0.250. The Hall–Kier alpha value is 0.340. The zero-order chi connectivity index (χ0) is 8.10. The van der Waals surface area contributed by atoms with Crippen LogP contribution in [0.2, 0.25) is 0 Å². The van der Waals surface area contributed by atoms with Gasteiger partial charge in [0.2, 0.25) is 0 Å². The smallest absolute Gasteiger partial charge is 0.0317 e. The Morgan fingerprint density at radius 1 is 1.36 bits per heavy atom. The van der Waals surface area contributed by atoms with E-state index in [9.17, 15) is 0 Å². The number of alkyl halides is 1. The molecule has 0 heterocycles. The van der Waals surface area contributed by atoms with E-state index in [0.29, 0.717) is 5.88 Å². The van der Waals surface area contributed by atoms with E-state index in [1.807, 2.05) is 18.2 Å². The highest BCUT2D eigenvalue weighted by Gasteiger charge is 1.96. The third kappa shape index (κ3) is 3.06. The molecule has 1 aromatic rings. The molecular formula is C8H8BrClS. The van der Waals surface area contributed by atoms with Crippen LogP contribution in [0.5, 0.6) is 0 Å². The van der Waals surface area contributed by atoms with Crippen LogP contribution >= 0.6 is 39.3 Å². The van der Waals surface area contributed by atoms with Gasteiger partial charge in [-0.2, -0.15) is 0 Å². The normalized spacial score (nSPS) is 10.0. The maximum absolute atomic E-state index is 5.57. The molecule has 0 nitrogen and oxygen atoms in total. The second-order valence-corrected chi connectivity index (χ2v) is 4.34. The Labute approximate surface area is 84.5 Å². The van der Waals surface area contributed by atoms with E-state index in [1.54, 1.807) is 11.8 Å². The highest BCUT2D eigenvalue weighted by Crippen LogP contribution is 2.26. The maximum atomic E-state index is 5.57. The van der Waals surface area contributed by atoms with Crippen molar-refractivity contribution in [3.05, 3.63) is 28.7 Å². The van der Waals surface area contributed by atoms with E-state index in [0.717, 1.165) is 10.2 Å². The van der Waals surface area contributed by atoms with Crippen molar-refractivity contribution in [3.8, 4) is 0 Å². The van der Waals surface area contributed by atoms with Gasteiger partial charge in [-0.25, -0.2) is 0 Å². The molecule has 0 amide bonds. The van der Waals surface area contributed by atoms with E-state index < -0.39 is 0 Å². The summed E-state index contributed by atoms with van der Waals surface area (Å²) >= 11 is 10.8. The van der Waals surface area contributed by atoms with Crippen LogP contribution in [-0.4, -0.2) is 11.6 Å². The van der Waals surface area contributed by atoms with Gasteiger partial charge in [0, 0.05) is 21.0 Å². The predicted molar refractivity (Wildman–Crippen MR) is 55.6 cm³/mol. The van der Waals surface area contributed by atoms with E-state index in [-0.39, 0.29) is 0 Å². The summed E-state index contributed by atoms with van der Waals surface area (Å²) in [5.74, 6) is 1.66. The number of halogens is 2. The van der Waals surface area contributed by atoms with Crippen molar-refractivity contribution in [2.24, 2.45) is 0 Å². The average molecular weight is 252 g/mol. The van der Waals surface area contributed by atoms with Crippen molar-refractivity contribution < 1.29 is 0 Å². The molecule has 0 atom stereocenters. The molecule has 0 spiro atoms. The van der Waals surface area contributed by atoms with Crippen LogP contribution < -0.4 is 0 Å². The summed E-state index contributed by atoms with van der Waals surface area (Å²) < 4.78 is 1.15. The van der Waals surface area contributed by atoms with Gasteiger partial charge in [-0.3, -0.25) is 0 Å². The van der Waals surface area contributed by atoms with E-state index in [4.69, 9.17) is 11.6 Å². The van der Waals surface area contributed by atoms with Crippen molar-refractivity contribution in [2.75, 3.05) is 11.6 Å². The maximum Gasteiger partial charge on any atom is 0.0317 e. The lowest BCUT2D eigenvalue weighted by Gasteiger charge is -2.00. The summed E-state index contributed by atoms with van der Waals surface area (Å²) in [6.45, 7) is 0. The van der Waals surface area contributed by atoms with Crippen LogP contribution in [0.25, 0.3) is 0 Å². The molecular weight excluding hydrogens is 244 g/mol. The molecule has 0 aliphatic carbocycles. The van der Waals surface area contributed by atoms with Crippen molar-refractivity contribution >= 4 is 39.3 Å². The molecule has 0 bridgehead atoms. The first-order valence-electron chi connectivity index (χ1n) is 3.28. The largest absolute Gasteiger partial charge is 0.126 e. The third-order valence-electron chi connectivity index (χ3n) is 1.17. The molecule has 0 fully saturated rings. The molecule has 0 saturated heterocycles. The monoisotopic (exact) mass is 250 g/mol. The van der Waals surface area contributed by atoms with Gasteiger partial charge in [0.1, 0.15) is 0 Å². The minimum Gasteiger partial charge on any atom is -0.126 e. The number of rotatable bonds is 3. The van der Waals surface area contributed by atoms with Crippen LogP contribution in [0, 0.1) is 0 Å². The standard InChI is InChI=1S/C8H8BrClS/c9-7-3-1-2-4-8(7)11-6-5-10/h1-4H,5-6H2. The van der Waals surface area contributed by atoms with Crippen LogP contribution in [0.4, 0.5) is 0 Å². The van der Waals surface area contributed by atoms with Gasteiger partial charge in [-0.1, -0.05) is 12.1 Å². The van der Waals surface area contributed by atoms with Crippen LogP contribution in [-0.2, 0) is 0 Å². The molecule has 0 unspecified atom stereocenters. The van der Waals surface area contributed by atoms with Gasteiger partial charge in [-0.05, 0) is 28.1 Å². The summed E-state index contributed by atoms with van der Waals surface area (Å²) in [5.41, 5.74) is 0. The molecule has 0 aromatic heterocycles. The lowest BCUT2D eigenvalue weighted by molar-refractivity contribution is 1.39. The molecule has 0 saturated carbocycles. The lowest BCUT2D eigenvalue weighted by atomic mass is 10.4.